The van der Waals surface area contributed by atoms with Gasteiger partial charge in [0, 0.05) is 49.3 Å². The van der Waals surface area contributed by atoms with Crippen molar-refractivity contribution in [3.05, 3.63) is 66.1 Å². The molecule has 4 nitrogen and oxygen atoms in total. The van der Waals surface area contributed by atoms with Crippen LogP contribution in [0.3, 0.4) is 0 Å². The molecule has 0 saturated carbocycles. The lowest BCUT2D eigenvalue weighted by molar-refractivity contribution is 0.0757. The van der Waals surface area contributed by atoms with Crippen molar-refractivity contribution < 1.29 is 9.18 Å². The molecule has 2 heterocycles. The van der Waals surface area contributed by atoms with E-state index in [1.165, 1.54) is 12.1 Å². The van der Waals surface area contributed by atoms with Crippen molar-refractivity contribution in [3.8, 4) is 0 Å². The van der Waals surface area contributed by atoms with Crippen LogP contribution in [-0.4, -0.2) is 41.6 Å². The quantitative estimate of drug-likeness (QED) is 0.697. The third-order valence-electron chi connectivity index (χ3n) is 5.32. The van der Waals surface area contributed by atoms with Gasteiger partial charge in [0.2, 0.25) is 0 Å². The van der Waals surface area contributed by atoms with Gasteiger partial charge in [-0.15, -0.1) is 0 Å². The summed E-state index contributed by atoms with van der Waals surface area (Å²) in [5.41, 5.74) is 2.87. The number of hydrogen-bond donors (Lipinski definition) is 0. The number of carbonyl (C=O) groups excluding carboxylic acids is 1. The number of para-hydroxylation sites is 1. The molecule has 1 aromatic heterocycles. The smallest absolute Gasteiger partial charge is 0.270 e. The highest BCUT2D eigenvalue weighted by atomic mass is 19.1. The van der Waals surface area contributed by atoms with Gasteiger partial charge in [0.1, 0.15) is 11.5 Å². The molecule has 5 heteroatoms. The first-order valence-corrected chi connectivity index (χ1v) is 9.55. The monoisotopic (exact) mass is 365 g/mol. The molecular weight excluding hydrogens is 341 g/mol. The van der Waals surface area contributed by atoms with E-state index in [2.05, 4.69) is 28.5 Å². The van der Waals surface area contributed by atoms with Crippen molar-refractivity contribution in [3.63, 3.8) is 0 Å². The predicted octanol–water partition coefficient (Wildman–Crippen LogP) is 4.15. The molecule has 1 aliphatic rings. The fraction of sp³-hybridized carbons (Fsp3) is 0.318. The van der Waals surface area contributed by atoms with E-state index in [4.69, 9.17) is 0 Å². The Morgan fingerprint density at radius 1 is 1.00 bits per heavy atom. The van der Waals surface area contributed by atoms with Crippen LogP contribution in [0.4, 0.5) is 10.1 Å². The number of amides is 1. The van der Waals surface area contributed by atoms with Crippen LogP contribution in [0.25, 0.3) is 10.9 Å². The van der Waals surface area contributed by atoms with Crippen LogP contribution in [0.1, 0.15) is 23.8 Å². The Morgan fingerprint density at radius 3 is 2.56 bits per heavy atom. The highest BCUT2D eigenvalue weighted by molar-refractivity contribution is 5.98. The molecule has 0 atom stereocenters. The zero-order valence-electron chi connectivity index (χ0n) is 15.6. The molecule has 1 fully saturated rings. The number of rotatable bonds is 3. The Kier molecular flexibility index (Phi) is 4.84. The highest BCUT2D eigenvalue weighted by Gasteiger charge is 2.23. The van der Waals surface area contributed by atoms with Gasteiger partial charge in [-0.3, -0.25) is 4.79 Å². The van der Waals surface area contributed by atoms with Gasteiger partial charge >= 0.3 is 0 Å². The molecule has 0 spiro atoms. The molecule has 4 rings (SSSR count). The van der Waals surface area contributed by atoms with Crippen molar-refractivity contribution in [2.24, 2.45) is 0 Å². The van der Waals surface area contributed by atoms with E-state index in [0.717, 1.165) is 54.9 Å². The van der Waals surface area contributed by atoms with Crippen LogP contribution < -0.4 is 4.90 Å². The molecular formula is C22H24FN3O. The normalized spacial score (nSPS) is 15.2. The van der Waals surface area contributed by atoms with Crippen LogP contribution in [-0.2, 0) is 6.54 Å². The predicted molar refractivity (Wildman–Crippen MR) is 107 cm³/mol. The third kappa shape index (κ3) is 3.42. The first-order chi connectivity index (χ1) is 13.2. The summed E-state index contributed by atoms with van der Waals surface area (Å²) in [4.78, 5) is 17.4. The lowest BCUT2D eigenvalue weighted by Crippen LogP contribution is -2.36. The largest absolute Gasteiger partial charge is 0.370 e. The van der Waals surface area contributed by atoms with Crippen LogP contribution in [0, 0.1) is 5.82 Å². The standard InChI is InChI=1S/C22H24FN3O/c1-2-26-20-7-4-3-6-17(20)16-21(26)22(27)25-13-5-12-24(14-15-25)19-10-8-18(23)9-11-19/h3-4,6-11,16H,2,5,12-15H2,1H3. The number of nitrogens with zero attached hydrogens (tertiary/aromatic N) is 3. The average Bonchev–Trinajstić information content (AvgIpc) is 2.89. The summed E-state index contributed by atoms with van der Waals surface area (Å²) in [6, 6.07) is 16.7. The fourth-order valence-corrected chi connectivity index (χ4v) is 3.92. The van der Waals surface area contributed by atoms with Gasteiger partial charge < -0.3 is 14.4 Å². The minimum atomic E-state index is -0.224. The van der Waals surface area contributed by atoms with Crippen LogP contribution >= 0.6 is 0 Å². The SMILES string of the molecule is CCn1c(C(=O)N2CCCN(c3ccc(F)cc3)CC2)cc2ccccc21. The molecule has 3 aromatic rings. The summed E-state index contributed by atoms with van der Waals surface area (Å²) in [6.45, 7) is 5.87. The van der Waals surface area contributed by atoms with Gasteiger partial charge in [0.05, 0.1) is 0 Å². The molecule has 0 N–H and O–H groups in total. The zero-order chi connectivity index (χ0) is 18.8. The molecule has 0 radical (unpaired) electrons. The number of aryl methyl sites for hydroxylation is 1. The number of hydrogen-bond acceptors (Lipinski definition) is 2. The second-order valence-electron chi connectivity index (χ2n) is 6.94. The summed E-state index contributed by atoms with van der Waals surface area (Å²) in [5.74, 6) is -0.133. The summed E-state index contributed by atoms with van der Waals surface area (Å²) >= 11 is 0. The van der Waals surface area contributed by atoms with E-state index < -0.39 is 0 Å². The Balaban J connectivity index is 1.54. The number of fused-ring (bicyclic) bond motifs is 1. The first-order valence-electron chi connectivity index (χ1n) is 9.55. The van der Waals surface area contributed by atoms with E-state index in [-0.39, 0.29) is 11.7 Å². The summed E-state index contributed by atoms with van der Waals surface area (Å²) in [6.07, 6.45) is 0.898. The van der Waals surface area contributed by atoms with Crippen molar-refractivity contribution >= 4 is 22.5 Å². The maximum atomic E-state index is 13.2. The molecule has 27 heavy (non-hydrogen) atoms. The molecule has 140 valence electrons. The van der Waals surface area contributed by atoms with E-state index in [1.807, 2.05) is 35.2 Å². The molecule has 1 saturated heterocycles. The number of halogens is 1. The zero-order valence-corrected chi connectivity index (χ0v) is 15.6. The van der Waals surface area contributed by atoms with Gasteiger partial charge in [-0.2, -0.15) is 0 Å². The van der Waals surface area contributed by atoms with Crippen LogP contribution in [0.2, 0.25) is 0 Å². The Bertz CT molecular complexity index is 948. The third-order valence-corrected chi connectivity index (χ3v) is 5.32. The lowest BCUT2D eigenvalue weighted by atomic mass is 10.2. The molecule has 2 aromatic carbocycles. The van der Waals surface area contributed by atoms with Gasteiger partial charge in [0.15, 0.2) is 0 Å². The van der Waals surface area contributed by atoms with Crippen molar-refractivity contribution in [1.29, 1.82) is 0 Å². The number of benzene rings is 2. The minimum Gasteiger partial charge on any atom is -0.370 e. The second kappa shape index (κ2) is 7.43. The van der Waals surface area contributed by atoms with Crippen LogP contribution in [0.15, 0.2) is 54.6 Å². The summed E-state index contributed by atoms with van der Waals surface area (Å²) in [7, 11) is 0. The number of aromatic nitrogens is 1. The lowest BCUT2D eigenvalue weighted by Gasteiger charge is -2.24. The molecule has 0 aliphatic carbocycles. The van der Waals surface area contributed by atoms with Gasteiger partial charge in [0.25, 0.3) is 5.91 Å². The van der Waals surface area contributed by atoms with Crippen molar-refractivity contribution in [2.45, 2.75) is 19.9 Å². The average molecular weight is 365 g/mol. The molecule has 1 aliphatic heterocycles. The van der Waals surface area contributed by atoms with Gasteiger partial charge in [-0.1, -0.05) is 18.2 Å². The maximum absolute atomic E-state index is 13.2. The summed E-state index contributed by atoms with van der Waals surface area (Å²) < 4.78 is 15.3. The summed E-state index contributed by atoms with van der Waals surface area (Å²) in [5, 5.41) is 1.10. The molecule has 0 bridgehead atoms. The fourth-order valence-electron chi connectivity index (χ4n) is 3.92. The van der Waals surface area contributed by atoms with E-state index in [1.54, 1.807) is 0 Å². The number of anilines is 1. The van der Waals surface area contributed by atoms with Gasteiger partial charge in [-0.25, -0.2) is 4.39 Å². The minimum absolute atomic E-state index is 0.0917. The van der Waals surface area contributed by atoms with E-state index in [9.17, 15) is 9.18 Å². The van der Waals surface area contributed by atoms with E-state index >= 15 is 0 Å². The topological polar surface area (TPSA) is 28.5 Å². The Hall–Kier alpha value is -2.82. The number of carbonyl (C=O) groups is 1. The van der Waals surface area contributed by atoms with E-state index in [0.29, 0.717) is 6.54 Å². The second-order valence-corrected chi connectivity index (χ2v) is 6.94. The highest BCUT2D eigenvalue weighted by Crippen LogP contribution is 2.22. The molecule has 0 unspecified atom stereocenters. The Labute approximate surface area is 158 Å². The first kappa shape index (κ1) is 17.6. The van der Waals surface area contributed by atoms with Crippen molar-refractivity contribution in [1.82, 2.24) is 9.47 Å². The molecule has 1 amide bonds. The van der Waals surface area contributed by atoms with Gasteiger partial charge in [-0.05, 0) is 49.7 Å². The Morgan fingerprint density at radius 2 is 1.78 bits per heavy atom. The maximum Gasteiger partial charge on any atom is 0.270 e. The van der Waals surface area contributed by atoms with Crippen LogP contribution in [0.5, 0.6) is 0 Å². The van der Waals surface area contributed by atoms with Crippen molar-refractivity contribution in [2.75, 3.05) is 31.1 Å².